The predicted molar refractivity (Wildman–Crippen MR) is 89.4 cm³/mol. The Labute approximate surface area is 139 Å². The zero-order valence-corrected chi connectivity index (χ0v) is 13.1. The Morgan fingerprint density at radius 2 is 1.83 bits per heavy atom. The minimum absolute atomic E-state index is 0.261. The molecule has 1 aromatic heterocycles. The van der Waals surface area contributed by atoms with Gasteiger partial charge in [0.25, 0.3) is 5.91 Å². The normalized spacial score (nSPS) is 10.5. The molecule has 1 amide bonds. The van der Waals surface area contributed by atoms with E-state index in [0.717, 1.165) is 11.1 Å². The number of rotatable bonds is 5. The van der Waals surface area contributed by atoms with Crippen LogP contribution in [0.4, 0.5) is 0 Å². The van der Waals surface area contributed by atoms with Gasteiger partial charge < -0.3 is 9.84 Å². The van der Waals surface area contributed by atoms with Crippen LogP contribution in [0.1, 0.15) is 16.1 Å². The van der Waals surface area contributed by atoms with Crippen molar-refractivity contribution >= 4 is 17.5 Å². The van der Waals surface area contributed by atoms with Crippen molar-refractivity contribution in [1.29, 1.82) is 0 Å². The lowest BCUT2D eigenvalue weighted by atomic mass is 10.1. The highest BCUT2D eigenvalue weighted by Crippen LogP contribution is 2.19. The van der Waals surface area contributed by atoms with Gasteiger partial charge in [0.1, 0.15) is 0 Å². The van der Waals surface area contributed by atoms with E-state index in [4.69, 9.17) is 16.1 Å². The molecule has 116 valence electrons. The van der Waals surface area contributed by atoms with Gasteiger partial charge in [0.15, 0.2) is 11.5 Å². The maximum absolute atomic E-state index is 12.1. The lowest BCUT2D eigenvalue weighted by Crippen LogP contribution is -2.25. The summed E-state index contributed by atoms with van der Waals surface area (Å²) in [5.74, 6) is 0.310. The Morgan fingerprint density at radius 1 is 1.09 bits per heavy atom. The molecule has 3 aromatic rings. The zero-order chi connectivity index (χ0) is 16.1. The van der Waals surface area contributed by atoms with E-state index in [0.29, 0.717) is 23.7 Å². The number of carbonyl (C=O) groups is 1. The number of carbonyl (C=O) groups excluding carboxylic acids is 1. The van der Waals surface area contributed by atoms with E-state index >= 15 is 0 Å². The van der Waals surface area contributed by atoms with E-state index < -0.39 is 0 Å². The monoisotopic (exact) mass is 326 g/mol. The SMILES string of the molecule is O=C(NCCc1ccccc1Cl)c1cc(-c2ccccc2)on1. The molecule has 0 saturated heterocycles. The molecule has 0 atom stereocenters. The Kier molecular flexibility index (Phi) is 4.74. The molecule has 0 bridgehead atoms. The van der Waals surface area contributed by atoms with Gasteiger partial charge in [-0.25, -0.2) is 0 Å². The van der Waals surface area contributed by atoms with Crippen LogP contribution >= 0.6 is 11.6 Å². The van der Waals surface area contributed by atoms with Crippen LogP contribution in [-0.2, 0) is 6.42 Å². The lowest BCUT2D eigenvalue weighted by molar-refractivity contribution is 0.0945. The Hall–Kier alpha value is -2.59. The topological polar surface area (TPSA) is 55.1 Å². The average molecular weight is 327 g/mol. The predicted octanol–water partition coefficient (Wildman–Crippen LogP) is 3.97. The fourth-order valence-electron chi connectivity index (χ4n) is 2.22. The van der Waals surface area contributed by atoms with Crippen LogP contribution in [0.2, 0.25) is 5.02 Å². The van der Waals surface area contributed by atoms with Crippen molar-refractivity contribution in [1.82, 2.24) is 10.5 Å². The molecule has 1 N–H and O–H groups in total. The Balaban J connectivity index is 1.59. The first-order chi connectivity index (χ1) is 11.2. The van der Waals surface area contributed by atoms with Gasteiger partial charge in [0.2, 0.25) is 0 Å². The molecule has 0 radical (unpaired) electrons. The van der Waals surface area contributed by atoms with Crippen molar-refractivity contribution in [3.05, 3.63) is 76.9 Å². The van der Waals surface area contributed by atoms with E-state index in [2.05, 4.69) is 10.5 Å². The second-order valence-electron chi connectivity index (χ2n) is 5.04. The highest BCUT2D eigenvalue weighted by atomic mass is 35.5. The van der Waals surface area contributed by atoms with Crippen LogP contribution in [0.15, 0.2) is 65.2 Å². The van der Waals surface area contributed by atoms with Gasteiger partial charge in [0, 0.05) is 23.2 Å². The number of halogens is 1. The largest absolute Gasteiger partial charge is 0.355 e. The lowest BCUT2D eigenvalue weighted by Gasteiger charge is -2.04. The summed E-state index contributed by atoms with van der Waals surface area (Å²) in [6, 6.07) is 18.8. The summed E-state index contributed by atoms with van der Waals surface area (Å²) in [5, 5.41) is 7.35. The molecule has 0 fully saturated rings. The summed E-state index contributed by atoms with van der Waals surface area (Å²) in [5.41, 5.74) is 2.15. The molecule has 0 unspecified atom stereocenters. The summed E-state index contributed by atoms with van der Waals surface area (Å²) in [7, 11) is 0. The third-order valence-electron chi connectivity index (χ3n) is 3.44. The zero-order valence-electron chi connectivity index (χ0n) is 12.3. The highest BCUT2D eigenvalue weighted by Gasteiger charge is 2.13. The number of hydrogen-bond donors (Lipinski definition) is 1. The summed E-state index contributed by atoms with van der Waals surface area (Å²) < 4.78 is 5.22. The standard InChI is InChI=1S/C18H15ClN2O2/c19-15-9-5-4-6-13(15)10-11-20-18(22)16-12-17(23-21-16)14-7-2-1-3-8-14/h1-9,12H,10-11H2,(H,20,22). The fraction of sp³-hybridized carbons (Fsp3) is 0.111. The van der Waals surface area contributed by atoms with Gasteiger partial charge in [-0.15, -0.1) is 0 Å². The molecule has 0 aliphatic rings. The average Bonchev–Trinajstić information content (AvgIpc) is 3.07. The van der Waals surface area contributed by atoms with Crippen LogP contribution in [0.5, 0.6) is 0 Å². The molecule has 5 heteroatoms. The first-order valence-electron chi connectivity index (χ1n) is 7.28. The quantitative estimate of drug-likeness (QED) is 0.772. The number of amides is 1. The van der Waals surface area contributed by atoms with Gasteiger partial charge in [-0.1, -0.05) is 65.3 Å². The number of nitrogens with zero attached hydrogens (tertiary/aromatic N) is 1. The molecule has 0 aliphatic carbocycles. The third-order valence-corrected chi connectivity index (χ3v) is 3.81. The number of hydrogen-bond acceptors (Lipinski definition) is 3. The third kappa shape index (κ3) is 3.79. The molecule has 0 aliphatic heterocycles. The van der Waals surface area contributed by atoms with E-state index in [9.17, 15) is 4.79 Å². The van der Waals surface area contributed by atoms with Crippen molar-refractivity contribution in [3.63, 3.8) is 0 Å². The van der Waals surface area contributed by atoms with Crippen molar-refractivity contribution in [2.24, 2.45) is 0 Å². The number of aromatic nitrogens is 1. The van der Waals surface area contributed by atoms with Gasteiger partial charge in [-0.3, -0.25) is 4.79 Å². The first-order valence-corrected chi connectivity index (χ1v) is 7.65. The smallest absolute Gasteiger partial charge is 0.273 e. The fourth-order valence-corrected chi connectivity index (χ4v) is 2.45. The molecule has 2 aromatic carbocycles. The minimum atomic E-state index is -0.261. The van der Waals surface area contributed by atoms with E-state index in [1.54, 1.807) is 6.07 Å². The van der Waals surface area contributed by atoms with Crippen molar-refractivity contribution in [2.75, 3.05) is 6.54 Å². The van der Waals surface area contributed by atoms with Crippen LogP contribution in [0, 0.1) is 0 Å². The number of nitrogens with one attached hydrogen (secondary N) is 1. The highest BCUT2D eigenvalue weighted by molar-refractivity contribution is 6.31. The van der Waals surface area contributed by atoms with Gasteiger partial charge in [0.05, 0.1) is 0 Å². The van der Waals surface area contributed by atoms with Gasteiger partial charge >= 0.3 is 0 Å². The van der Waals surface area contributed by atoms with Crippen LogP contribution in [0.25, 0.3) is 11.3 Å². The summed E-state index contributed by atoms with van der Waals surface area (Å²) >= 11 is 6.09. The van der Waals surface area contributed by atoms with E-state index in [1.807, 2.05) is 54.6 Å². The van der Waals surface area contributed by atoms with E-state index in [1.165, 1.54) is 0 Å². The molecule has 3 rings (SSSR count). The summed E-state index contributed by atoms with van der Waals surface area (Å²) in [4.78, 5) is 12.1. The summed E-state index contributed by atoms with van der Waals surface area (Å²) in [6.45, 7) is 0.482. The van der Waals surface area contributed by atoms with Crippen LogP contribution in [0.3, 0.4) is 0 Å². The molecule has 1 heterocycles. The molecule has 0 saturated carbocycles. The van der Waals surface area contributed by atoms with Gasteiger partial charge in [-0.2, -0.15) is 0 Å². The minimum Gasteiger partial charge on any atom is -0.355 e. The molecule has 0 spiro atoms. The molecular formula is C18H15ClN2O2. The Bertz CT molecular complexity index is 800. The van der Waals surface area contributed by atoms with Crippen LogP contribution in [-0.4, -0.2) is 17.6 Å². The molecule has 4 nitrogen and oxygen atoms in total. The van der Waals surface area contributed by atoms with Crippen molar-refractivity contribution in [3.8, 4) is 11.3 Å². The van der Waals surface area contributed by atoms with Crippen LogP contribution < -0.4 is 5.32 Å². The van der Waals surface area contributed by atoms with Crippen molar-refractivity contribution in [2.45, 2.75) is 6.42 Å². The number of benzene rings is 2. The maximum atomic E-state index is 12.1. The first kappa shape index (κ1) is 15.3. The summed E-state index contributed by atoms with van der Waals surface area (Å²) in [6.07, 6.45) is 0.662. The van der Waals surface area contributed by atoms with E-state index in [-0.39, 0.29) is 11.6 Å². The second kappa shape index (κ2) is 7.11. The second-order valence-corrected chi connectivity index (χ2v) is 5.45. The molecular weight excluding hydrogens is 312 g/mol. The molecule has 23 heavy (non-hydrogen) atoms. The maximum Gasteiger partial charge on any atom is 0.273 e. The van der Waals surface area contributed by atoms with Crippen molar-refractivity contribution < 1.29 is 9.32 Å². The Morgan fingerprint density at radius 3 is 2.61 bits per heavy atom. The van der Waals surface area contributed by atoms with Gasteiger partial charge in [-0.05, 0) is 18.1 Å².